The fraction of sp³-hybridized carbons (Fsp3) is 0.500. The second-order valence-electron chi connectivity index (χ2n) is 3.74. The van der Waals surface area contributed by atoms with Gasteiger partial charge < -0.3 is 15.4 Å². The molecule has 0 saturated carbocycles. The van der Waals surface area contributed by atoms with Gasteiger partial charge in [0.25, 0.3) is 0 Å². The van der Waals surface area contributed by atoms with Crippen molar-refractivity contribution in [2.75, 3.05) is 27.2 Å². The SMILES string of the molecule is CCN(C)CC(N)c1cccc(OC)c1. The Hall–Kier alpha value is -1.06. The van der Waals surface area contributed by atoms with Crippen molar-refractivity contribution in [2.24, 2.45) is 5.73 Å². The summed E-state index contributed by atoms with van der Waals surface area (Å²) in [6.07, 6.45) is 0. The minimum absolute atomic E-state index is 0.0463. The zero-order valence-electron chi connectivity index (χ0n) is 9.73. The number of methoxy groups -OCH3 is 1. The maximum Gasteiger partial charge on any atom is 0.119 e. The van der Waals surface area contributed by atoms with Gasteiger partial charge in [0, 0.05) is 12.6 Å². The molecular formula is C12H20N2O. The van der Waals surface area contributed by atoms with Gasteiger partial charge in [-0.3, -0.25) is 0 Å². The number of hydrogen-bond acceptors (Lipinski definition) is 3. The molecule has 0 radical (unpaired) electrons. The zero-order valence-corrected chi connectivity index (χ0v) is 9.73. The van der Waals surface area contributed by atoms with Crippen LogP contribution in [0.3, 0.4) is 0 Å². The third-order valence-corrected chi connectivity index (χ3v) is 2.57. The number of rotatable bonds is 5. The van der Waals surface area contributed by atoms with Crippen molar-refractivity contribution in [1.29, 1.82) is 0 Å². The van der Waals surface area contributed by atoms with E-state index in [1.807, 2.05) is 24.3 Å². The molecule has 0 bridgehead atoms. The van der Waals surface area contributed by atoms with Gasteiger partial charge in [0.15, 0.2) is 0 Å². The lowest BCUT2D eigenvalue weighted by atomic mass is 10.1. The lowest BCUT2D eigenvalue weighted by Gasteiger charge is -2.20. The molecule has 1 atom stereocenters. The molecule has 0 amide bonds. The molecule has 15 heavy (non-hydrogen) atoms. The molecule has 1 aromatic rings. The number of benzene rings is 1. The molecule has 2 N–H and O–H groups in total. The van der Waals surface area contributed by atoms with Crippen LogP contribution in [0.25, 0.3) is 0 Å². The van der Waals surface area contributed by atoms with Gasteiger partial charge >= 0.3 is 0 Å². The van der Waals surface area contributed by atoms with E-state index in [0.29, 0.717) is 0 Å². The quantitative estimate of drug-likeness (QED) is 0.799. The van der Waals surface area contributed by atoms with E-state index in [1.54, 1.807) is 7.11 Å². The fourth-order valence-electron chi connectivity index (χ4n) is 1.44. The number of likely N-dealkylation sites (N-methyl/N-ethyl adjacent to an activating group) is 1. The average Bonchev–Trinajstić information content (AvgIpc) is 2.28. The first-order valence-corrected chi connectivity index (χ1v) is 5.25. The standard InChI is InChI=1S/C12H20N2O/c1-4-14(2)9-12(13)10-6-5-7-11(8-10)15-3/h5-8,12H,4,9,13H2,1-3H3. The van der Waals surface area contributed by atoms with Crippen LogP contribution in [0.2, 0.25) is 0 Å². The van der Waals surface area contributed by atoms with E-state index < -0.39 is 0 Å². The minimum Gasteiger partial charge on any atom is -0.497 e. The molecule has 0 aliphatic carbocycles. The summed E-state index contributed by atoms with van der Waals surface area (Å²) >= 11 is 0. The van der Waals surface area contributed by atoms with Crippen LogP contribution < -0.4 is 10.5 Å². The Morgan fingerprint density at radius 1 is 1.47 bits per heavy atom. The molecule has 0 heterocycles. The van der Waals surface area contributed by atoms with Crippen LogP contribution in [0.4, 0.5) is 0 Å². The average molecular weight is 208 g/mol. The number of hydrogen-bond donors (Lipinski definition) is 1. The molecule has 0 aliphatic heterocycles. The predicted octanol–water partition coefficient (Wildman–Crippen LogP) is 1.65. The first-order chi connectivity index (χ1) is 7.17. The van der Waals surface area contributed by atoms with Crippen molar-refractivity contribution in [3.63, 3.8) is 0 Å². The Labute approximate surface area is 91.8 Å². The predicted molar refractivity (Wildman–Crippen MR) is 63.1 cm³/mol. The van der Waals surface area contributed by atoms with Gasteiger partial charge in [-0.05, 0) is 31.3 Å². The second kappa shape index (κ2) is 5.73. The van der Waals surface area contributed by atoms with Gasteiger partial charge in [-0.25, -0.2) is 0 Å². The van der Waals surface area contributed by atoms with Gasteiger partial charge in [0.1, 0.15) is 5.75 Å². The summed E-state index contributed by atoms with van der Waals surface area (Å²) in [6, 6.07) is 7.98. The summed E-state index contributed by atoms with van der Waals surface area (Å²) < 4.78 is 5.17. The van der Waals surface area contributed by atoms with Gasteiger partial charge in [-0.15, -0.1) is 0 Å². The third-order valence-electron chi connectivity index (χ3n) is 2.57. The van der Waals surface area contributed by atoms with Crippen LogP contribution in [0.1, 0.15) is 18.5 Å². The summed E-state index contributed by atoms with van der Waals surface area (Å²) in [5.41, 5.74) is 7.22. The molecule has 3 nitrogen and oxygen atoms in total. The van der Waals surface area contributed by atoms with E-state index in [-0.39, 0.29) is 6.04 Å². The summed E-state index contributed by atoms with van der Waals surface area (Å²) in [5, 5.41) is 0. The first kappa shape index (κ1) is 12.0. The molecule has 3 heteroatoms. The van der Waals surface area contributed by atoms with Crippen LogP contribution in [0.15, 0.2) is 24.3 Å². The molecule has 0 fully saturated rings. The number of nitrogens with zero attached hydrogens (tertiary/aromatic N) is 1. The highest BCUT2D eigenvalue weighted by molar-refractivity contribution is 5.30. The highest BCUT2D eigenvalue weighted by Gasteiger charge is 2.08. The summed E-state index contributed by atoms with van der Waals surface area (Å²) in [5.74, 6) is 0.863. The Morgan fingerprint density at radius 3 is 2.80 bits per heavy atom. The van der Waals surface area contributed by atoms with E-state index in [4.69, 9.17) is 10.5 Å². The molecule has 1 unspecified atom stereocenters. The normalized spacial score (nSPS) is 12.9. The van der Waals surface area contributed by atoms with Crippen LogP contribution in [-0.2, 0) is 0 Å². The topological polar surface area (TPSA) is 38.5 Å². The molecule has 84 valence electrons. The highest BCUT2D eigenvalue weighted by Crippen LogP contribution is 2.17. The zero-order chi connectivity index (χ0) is 11.3. The van der Waals surface area contributed by atoms with E-state index in [0.717, 1.165) is 24.4 Å². The Kier molecular flexibility index (Phi) is 4.59. The fourth-order valence-corrected chi connectivity index (χ4v) is 1.44. The van der Waals surface area contributed by atoms with Gasteiger partial charge in [-0.2, -0.15) is 0 Å². The van der Waals surface area contributed by atoms with Crippen molar-refractivity contribution in [3.05, 3.63) is 29.8 Å². The van der Waals surface area contributed by atoms with Gasteiger partial charge in [0.2, 0.25) is 0 Å². The van der Waals surface area contributed by atoms with E-state index in [2.05, 4.69) is 18.9 Å². The van der Waals surface area contributed by atoms with Crippen LogP contribution in [-0.4, -0.2) is 32.1 Å². The maximum atomic E-state index is 6.10. The van der Waals surface area contributed by atoms with Gasteiger partial charge in [0.05, 0.1) is 7.11 Å². The number of ether oxygens (including phenoxy) is 1. The van der Waals surface area contributed by atoms with Crippen LogP contribution in [0, 0.1) is 0 Å². The lowest BCUT2D eigenvalue weighted by molar-refractivity contribution is 0.328. The molecule has 0 spiro atoms. The van der Waals surface area contributed by atoms with Crippen LogP contribution >= 0.6 is 0 Å². The second-order valence-corrected chi connectivity index (χ2v) is 3.74. The molecule has 0 saturated heterocycles. The minimum atomic E-state index is 0.0463. The van der Waals surface area contributed by atoms with E-state index in [9.17, 15) is 0 Å². The molecule has 1 aromatic carbocycles. The maximum absolute atomic E-state index is 6.10. The Bertz CT molecular complexity index is 301. The van der Waals surface area contributed by atoms with Crippen molar-refractivity contribution in [3.8, 4) is 5.75 Å². The van der Waals surface area contributed by atoms with Crippen molar-refractivity contribution >= 4 is 0 Å². The highest BCUT2D eigenvalue weighted by atomic mass is 16.5. The van der Waals surface area contributed by atoms with Crippen molar-refractivity contribution in [1.82, 2.24) is 4.90 Å². The molecular weight excluding hydrogens is 188 g/mol. The first-order valence-electron chi connectivity index (χ1n) is 5.25. The third kappa shape index (κ3) is 3.53. The van der Waals surface area contributed by atoms with E-state index in [1.165, 1.54) is 0 Å². The van der Waals surface area contributed by atoms with Crippen molar-refractivity contribution in [2.45, 2.75) is 13.0 Å². The number of nitrogens with two attached hydrogens (primary N) is 1. The summed E-state index contributed by atoms with van der Waals surface area (Å²) in [7, 11) is 3.74. The molecule has 0 aromatic heterocycles. The largest absolute Gasteiger partial charge is 0.497 e. The summed E-state index contributed by atoms with van der Waals surface area (Å²) in [6.45, 7) is 4.00. The Balaban J connectivity index is 2.68. The summed E-state index contributed by atoms with van der Waals surface area (Å²) in [4.78, 5) is 2.20. The molecule has 0 aliphatic rings. The monoisotopic (exact) mass is 208 g/mol. The Morgan fingerprint density at radius 2 is 2.20 bits per heavy atom. The van der Waals surface area contributed by atoms with Crippen molar-refractivity contribution < 1.29 is 4.74 Å². The van der Waals surface area contributed by atoms with Crippen LogP contribution in [0.5, 0.6) is 5.75 Å². The van der Waals surface area contributed by atoms with Gasteiger partial charge in [-0.1, -0.05) is 19.1 Å². The molecule has 1 rings (SSSR count). The van der Waals surface area contributed by atoms with E-state index >= 15 is 0 Å². The lowest BCUT2D eigenvalue weighted by Crippen LogP contribution is -2.28. The smallest absolute Gasteiger partial charge is 0.119 e.